The number of nitrogens with zero attached hydrogens (tertiary/aromatic N) is 1. The van der Waals surface area contributed by atoms with Gasteiger partial charge in [0.2, 0.25) is 5.91 Å². The second-order valence-corrected chi connectivity index (χ2v) is 6.43. The first-order valence-corrected chi connectivity index (χ1v) is 7.46. The predicted octanol–water partition coefficient (Wildman–Crippen LogP) is 2.79. The van der Waals surface area contributed by atoms with Gasteiger partial charge in [0.15, 0.2) is 0 Å². The van der Waals surface area contributed by atoms with Gasteiger partial charge >= 0.3 is 0 Å². The quantitative estimate of drug-likeness (QED) is 0.724. The molecule has 0 radical (unpaired) electrons. The summed E-state index contributed by atoms with van der Waals surface area (Å²) < 4.78 is 0. The molecule has 0 spiro atoms. The van der Waals surface area contributed by atoms with Crippen molar-refractivity contribution >= 4 is 5.91 Å². The molecule has 0 unspecified atom stereocenters. The zero-order chi connectivity index (χ0) is 13.6. The summed E-state index contributed by atoms with van der Waals surface area (Å²) in [7, 11) is 0. The van der Waals surface area contributed by atoms with Crippen LogP contribution in [0.2, 0.25) is 0 Å². The summed E-state index contributed by atoms with van der Waals surface area (Å²) in [5, 5.41) is 0. The molecule has 3 heteroatoms. The van der Waals surface area contributed by atoms with E-state index < -0.39 is 0 Å². The van der Waals surface area contributed by atoms with E-state index in [9.17, 15) is 4.79 Å². The van der Waals surface area contributed by atoms with E-state index in [1.54, 1.807) is 0 Å². The average Bonchev–Trinajstić information content (AvgIpc) is 2.25. The van der Waals surface area contributed by atoms with Gasteiger partial charge in [-0.1, -0.05) is 20.3 Å². The molecule has 0 aromatic rings. The van der Waals surface area contributed by atoms with E-state index >= 15 is 0 Å². The summed E-state index contributed by atoms with van der Waals surface area (Å²) >= 11 is 0. The summed E-state index contributed by atoms with van der Waals surface area (Å²) in [6, 6.07) is 0. The molecule has 1 rings (SSSR count). The number of rotatable bonds is 8. The summed E-state index contributed by atoms with van der Waals surface area (Å²) in [6.07, 6.45) is 6.58. The molecular weight excluding hydrogens is 224 g/mol. The van der Waals surface area contributed by atoms with E-state index in [1.807, 2.05) is 4.90 Å². The predicted molar refractivity (Wildman–Crippen MR) is 76.3 cm³/mol. The third-order valence-corrected chi connectivity index (χ3v) is 4.27. The van der Waals surface area contributed by atoms with Crippen molar-refractivity contribution in [2.45, 2.75) is 59.3 Å². The van der Waals surface area contributed by atoms with Crippen LogP contribution in [0, 0.1) is 11.3 Å². The third-order valence-electron chi connectivity index (χ3n) is 4.27. The molecule has 2 N–H and O–H groups in total. The topological polar surface area (TPSA) is 46.3 Å². The van der Waals surface area contributed by atoms with Gasteiger partial charge in [-0.15, -0.1) is 0 Å². The number of carbonyl (C=O) groups excluding carboxylic acids is 1. The van der Waals surface area contributed by atoms with Gasteiger partial charge in [0, 0.05) is 19.5 Å². The maximum absolute atomic E-state index is 12.2. The van der Waals surface area contributed by atoms with E-state index in [1.165, 1.54) is 19.3 Å². The van der Waals surface area contributed by atoms with Crippen molar-refractivity contribution in [3.8, 4) is 0 Å². The Morgan fingerprint density at radius 3 is 2.44 bits per heavy atom. The van der Waals surface area contributed by atoms with Gasteiger partial charge in [0.1, 0.15) is 0 Å². The highest BCUT2D eigenvalue weighted by atomic mass is 16.2. The fourth-order valence-electron chi connectivity index (χ4n) is 2.51. The van der Waals surface area contributed by atoms with Crippen molar-refractivity contribution in [1.29, 1.82) is 0 Å². The number of nitrogens with two attached hydrogens (primary N) is 1. The van der Waals surface area contributed by atoms with E-state index in [2.05, 4.69) is 20.8 Å². The van der Waals surface area contributed by atoms with E-state index in [4.69, 9.17) is 5.73 Å². The van der Waals surface area contributed by atoms with Crippen molar-refractivity contribution in [3.63, 3.8) is 0 Å². The van der Waals surface area contributed by atoms with E-state index in [0.717, 1.165) is 31.8 Å². The first-order valence-electron chi connectivity index (χ1n) is 7.46. The van der Waals surface area contributed by atoms with E-state index in [-0.39, 0.29) is 5.41 Å². The highest BCUT2D eigenvalue weighted by Crippen LogP contribution is 2.29. The molecule has 106 valence electrons. The van der Waals surface area contributed by atoms with Crippen LogP contribution in [0.1, 0.15) is 59.3 Å². The summed E-state index contributed by atoms with van der Waals surface area (Å²) in [4.78, 5) is 14.2. The molecule has 1 amide bonds. The van der Waals surface area contributed by atoms with Gasteiger partial charge in [-0.2, -0.15) is 0 Å². The standard InChI is InChI=1S/C15H30N2O/c1-4-17(12-13-6-5-7-13)14(18)8-9-15(2,3)10-11-16/h13H,4-12,16H2,1-3H3. The highest BCUT2D eigenvalue weighted by Gasteiger charge is 2.24. The second-order valence-electron chi connectivity index (χ2n) is 6.43. The second kappa shape index (κ2) is 7.13. The minimum Gasteiger partial charge on any atom is -0.343 e. The third kappa shape index (κ3) is 4.97. The van der Waals surface area contributed by atoms with Gasteiger partial charge in [-0.3, -0.25) is 4.79 Å². The molecule has 0 heterocycles. The van der Waals surface area contributed by atoms with Gasteiger partial charge in [0.05, 0.1) is 0 Å². The molecule has 1 aliphatic rings. The maximum atomic E-state index is 12.2. The van der Waals surface area contributed by atoms with Crippen LogP contribution >= 0.6 is 0 Å². The van der Waals surface area contributed by atoms with Crippen molar-refractivity contribution in [2.24, 2.45) is 17.1 Å². The van der Waals surface area contributed by atoms with Crippen molar-refractivity contribution in [2.75, 3.05) is 19.6 Å². The Morgan fingerprint density at radius 2 is 2.00 bits per heavy atom. The summed E-state index contributed by atoms with van der Waals surface area (Å²) in [5.41, 5.74) is 5.80. The van der Waals surface area contributed by atoms with Gasteiger partial charge in [-0.25, -0.2) is 0 Å². The molecule has 18 heavy (non-hydrogen) atoms. The lowest BCUT2D eigenvalue weighted by Gasteiger charge is -2.32. The fraction of sp³-hybridized carbons (Fsp3) is 0.933. The van der Waals surface area contributed by atoms with Crippen molar-refractivity contribution in [1.82, 2.24) is 4.90 Å². The molecular formula is C15H30N2O. The monoisotopic (exact) mass is 254 g/mol. The smallest absolute Gasteiger partial charge is 0.222 e. The summed E-state index contributed by atoms with van der Waals surface area (Å²) in [5.74, 6) is 1.10. The van der Waals surface area contributed by atoms with Crippen molar-refractivity contribution in [3.05, 3.63) is 0 Å². The Morgan fingerprint density at radius 1 is 1.33 bits per heavy atom. The van der Waals surface area contributed by atoms with Crippen molar-refractivity contribution < 1.29 is 4.79 Å². The minimum atomic E-state index is 0.195. The zero-order valence-electron chi connectivity index (χ0n) is 12.4. The molecule has 0 atom stereocenters. The number of amides is 1. The highest BCUT2D eigenvalue weighted by molar-refractivity contribution is 5.76. The zero-order valence-corrected chi connectivity index (χ0v) is 12.4. The molecule has 3 nitrogen and oxygen atoms in total. The minimum absolute atomic E-state index is 0.195. The molecule has 1 saturated carbocycles. The molecule has 0 aromatic carbocycles. The van der Waals surface area contributed by atoms with Crippen LogP contribution in [0.15, 0.2) is 0 Å². The first kappa shape index (κ1) is 15.5. The van der Waals surface area contributed by atoms with Crippen LogP contribution in [0.25, 0.3) is 0 Å². The average molecular weight is 254 g/mol. The number of hydrogen-bond acceptors (Lipinski definition) is 2. The lowest BCUT2D eigenvalue weighted by Crippen LogP contribution is -2.37. The lowest BCUT2D eigenvalue weighted by molar-refractivity contribution is -0.132. The first-order chi connectivity index (χ1) is 8.48. The maximum Gasteiger partial charge on any atom is 0.222 e. The Bertz CT molecular complexity index is 259. The van der Waals surface area contributed by atoms with Crippen LogP contribution in [0.3, 0.4) is 0 Å². The van der Waals surface area contributed by atoms with Crippen LogP contribution in [0.5, 0.6) is 0 Å². The Labute approximate surface area is 112 Å². The number of carbonyl (C=O) groups is 1. The molecule has 0 bridgehead atoms. The van der Waals surface area contributed by atoms with E-state index in [0.29, 0.717) is 18.9 Å². The molecule has 0 aliphatic heterocycles. The molecule has 1 aliphatic carbocycles. The van der Waals surface area contributed by atoms with Gasteiger partial charge in [-0.05, 0) is 50.5 Å². The molecule has 0 saturated heterocycles. The fourth-order valence-corrected chi connectivity index (χ4v) is 2.51. The molecule has 1 fully saturated rings. The van der Waals surface area contributed by atoms with Crippen LogP contribution in [-0.4, -0.2) is 30.4 Å². The normalized spacial score (nSPS) is 16.4. The summed E-state index contributed by atoms with van der Waals surface area (Å²) in [6.45, 7) is 9.03. The number of hydrogen-bond donors (Lipinski definition) is 1. The SMILES string of the molecule is CCN(CC1CCC1)C(=O)CCC(C)(C)CCN. The van der Waals surface area contributed by atoms with Gasteiger partial charge < -0.3 is 10.6 Å². The largest absolute Gasteiger partial charge is 0.343 e. The van der Waals surface area contributed by atoms with Crippen LogP contribution in [-0.2, 0) is 4.79 Å². The molecule has 0 aromatic heterocycles. The van der Waals surface area contributed by atoms with Gasteiger partial charge in [0.25, 0.3) is 0 Å². The Kier molecular flexibility index (Phi) is 6.13. The van der Waals surface area contributed by atoms with Crippen LogP contribution in [0.4, 0.5) is 0 Å². The van der Waals surface area contributed by atoms with Crippen LogP contribution < -0.4 is 5.73 Å². The lowest BCUT2D eigenvalue weighted by atomic mass is 9.83. The Balaban J connectivity index is 2.32. The Hall–Kier alpha value is -0.570.